The lowest BCUT2D eigenvalue weighted by Gasteiger charge is -2.35. The van der Waals surface area contributed by atoms with Crippen LogP contribution < -0.4 is 10.1 Å². The lowest BCUT2D eigenvalue weighted by molar-refractivity contribution is -0.140. The van der Waals surface area contributed by atoms with Crippen molar-refractivity contribution in [1.29, 1.82) is 0 Å². The van der Waals surface area contributed by atoms with Gasteiger partial charge < -0.3 is 19.2 Å². The molecule has 0 spiro atoms. The second-order valence-electron chi connectivity index (χ2n) is 8.78. The summed E-state index contributed by atoms with van der Waals surface area (Å²) in [6.07, 6.45) is 1.12. The predicted molar refractivity (Wildman–Crippen MR) is 133 cm³/mol. The molecule has 0 radical (unpaired) electrons. The van der Waals surface area contributed by atoms with Crippen LogP contribution >= 0.6 is 11.3 Å². The number of nitrogens with one attached hydrogen (secondary N) is 1. The molecular weight excluding hydrogens is 462 g/mol. The molecular formula is C28H27NO5S. The number of aryl methyl sites for hydroxylation is 1. The summed E-state index contributed by atoms with van der Waals surface area (Å²) in [4.78, 5) is 28.0. The average Bonchev–Trinajstić information content (AvgIpc) is 3.53. The maximum atomic E-state index is 13.5. The van der Waals surface area contributed by atoms with Gasteiger partial charge in [-0.05, 0) is 56.0 Å². The summed E-state index contributed by atoms with van der Waals surface area (Å²) >= 11 is 1.67. The van der Waals surface area contributed by atoms with Crippen molar-refractivity contribution < 1.29 is 23.5 Å². The maximum Gasteiger partial charge on any atom is 0.336 e. The predicted octanol–water partition coefficient (Wildman–Crippen LogP) is 5.63. The van der Waals surface area contributed by atoms with Crippen molar-refractivity contribution in [2.75, 3.05) is 13.2 Å². The highest BCUT2D eigenvalue weighted by Crippen LogP contribution is 2.46. The van der Waals surface area contributed by atoms with Crippen LogP contribution in [0.5, 0.6) is 5.75 Å². The van der Waals surface area contributed by atoms with Gasteiger partial charge in [-0.15, -0.1) is 11.3 Å². The first-order valence-electron chi connectivity index (χ1n) is 11.7. The number of para-hydroxylation sites is 1. The molecule has 5 rings (SSSR count). The molecule has 3 aromatic rings. The van der Waals surface area contributed by atoms with E-state index in [1.165, 1.54) is 4.88 Å². The first-order chi connectivity index (χ1) is 17.0. The Hall–Kier alpha value is -3.58. The zero-order valence-electron chi connectivity index (χ0n) is 19.7. The number of furan rings is 1. The Bertz CT molecular complexity index is 1290. The zero-order chi connectivity index (χ0) is 24.4. The first-order valence-corrected chi connectivity index (χ1v) is 12.6. The van der Waals surface area contributed by atoms with Gasteiger partial charge in [0.2, 0.25) is 0 Å². The molecule has 2 unspecified atom stereocenters. The Morgan fingerprint density at radius 2 is 1.89 bits per heavy atom. The van der Waals surface area contributed by atoms with Gasteiger partial charge in [-0.1, -0.05) is 24.3 Å². The number of allylic oxidation sites excluding steroid dienone is 3. The van der Waals surface area contributed by atoms with Crippen molar-refractivity contribution >= 4 is 23.1 Å². The number of hydrogen-bond donors (Lipinski definition) is 1. The Kier molecular flexibility index (Phi) is 6.59. The van der Waals surface area contributed by atoms with Crippen molar-refractivity contribution in [2.24, 2.45) is 0 Å². The van der Waals surface area contributed by atoms with Gasteiger partial charge in [-0.2, -0.15) is 0 Å². The van der Waals surface area contributed by atoms with Crippen molar-refractivity contribution in [1.82, 2.24) is 5.32 Å². The smallest absolute Gasteiger partial charge is 0.336 e. The number of rotatable bonds is 7. The molecule has 7 heteroatoms. The molecule has 180 valence electrons. The lowest BCUT2D eigenvalue weighted by atomic mass is 9.74. The number of esters is 1. The Labute approximate surface area is 208 Å². The number of hydrogen-bond acceptors (Lipinski definition) is 7. The Balaban J connectivity index is 1.39. The fourth-order valence-electron chi connectivity index (χ4n) is 4.82. The zero-order valence-corrected chi connectivity index (χ0v) is 20.5. The van der Waals surface area contributed by atoms with Crippen molar-refractivity contribution in [3.05, 3.63) is 98.9 Å². The van der Waals surface area contributed by atoms with Crippen molar-refractivity contribution in [3.8, 4) is 5.75 Å². The second kappa shape index (κ2) is 9.96. The molecule has 1 aromatic carbocycles. The molecule has 3 heterocycles. The summed E-state index contributed by atoms with van der Waals surface area (Å²) in [5.74, 6) is 1.09. The minimum Gasteiger partial charge on any atom is -0.490 e. The highest BCUT2D eigenvalue weighted by molar-refractivity contribution is 7.10. The third-order valence-electron chi connectivity index (χ3n) is 6.37. The molecule has 0 amide bonds. The summed E-state index contributed by atoms with van der Waals surface area (Å²) < 4.78 is 17.2. The van der Waals surface area contributed by atoms with E-state index in [1.54, 1.807) is 11.3 Å². The molecule has 2 atom stereocenters. The van der Waals surface area contributed by atoms with E-state index in [0.29, 0.717) is 41.2 Å². The van der Waals surface area contributed by atoms with E-state index >= 15 is 0 Å². The van der Waals surface area contributed by atoms with Crippen LogP contribution in [0, 0.1) is 6.92 Å². The highest BCUT2D eigenvalue weighted by Gasteiger charge is 2.43. The molecule has 1 aliphatic heterocycles. The minimum atomic E-state index is -0.598. The molecule has 0 fully saturated rings. The summed E-state index contributed by atoms with van der Waals surface area (Å²) in [7, 11) is 0. The molecule has 0 bridgehead atoms. The molecule has 0 saturated heterocycles. The van der Waals surface area contributed by atoms with Crippen LogP contribution in [0.2, 0.25) is 0 Å². The largest absolute Gasteiger partial charge is 0.490 e. The Morgan fingerprint density at radius 1 is 1.06 bits per heavy atom. The number of carbonyl (C=O) groups is 2. The van der Waals surface area contributed by atoms with Crippen molar-refractivity contribution in [3.63, 3.8) is 0 Å². The summed E-state index contributed by atoms with van der Waals surface area (Å²) in [5, 5.41) is 5.40. The summed E-state index contributed by atoms with van der Waals surface area (Å²) in [5.41, 5.74) is 2.54. The van der Waals surface area contributed by atoms with E-state index in [4.69, 9.17) is 13.9 Å². The number of dihydropyridines is 1. The fraction of sp³-hybridized carbons (Fsp3) is 0.286. The quantitative estimate of drug-likeness (QED) is 0.342. The van der Waals surface area contributed by atoms with Gasteiger partial charge in [0.25, 0.3) is 0 Å². The molecule has 6 nitrogen and oxygen atoms in total. The van der Waals surface area contributed by atoms with E-state index in [1.807, 2.05) is 67.8 Å². The third-order valence-corrected chi connectivity index (χ3v) is 7.40. The van der Waals surface area contributed by atoms with Gasteiger partial charge in [-0.3, -0.25) is 4.79 Å². The topological polar surface area (TPSA) is 77.8 Å². The molecule has 1 N–H and O–H groups in total. The number of thiophene rings is 1. The highest BCUT2D eigenvalue weighted by atomic mass is 32.1. The van der Waals surface area contributed by atoms with E-state index in [-0.39, 0.29) is 24.9 Å². The van der Waals surface area contributed by atoms with Crippen LogP contribution in [0.4, 0.5) is 0 Å². The molecule has 0 saturated carbocycles. The second-order valence-corrected chi connectivity index (χ2v) is 9.76. The first kappa shape index (κ1) is 23.2. The van der Waals surface area contributed by atoms with Crippen LogP contribution in [0.15, 0.2) is 86.9 Å². The monoisotopic (exact) mass is 489 g/mol. The van der Waals surface area contributed by atoms with E-state index in [9.17, 15) is 9.59 Å². The van der Waals surface area contributed by atoms with E-state index in [0.717, 1.165) is 11.5 Å². The molecule has 2 aliphatic rings. The number of ether oxygens (including phenoxy) is 2. The van der Waals surface area contributed by atoms with Crippen LogP contribution in [0.3, 0.4) is 0 Å². The SMILES string of the molecule is CC1=C(C(=O)OCCOc2ccccc2)C(c2ccc(C)o2)C2=C(CC(c3cccs3)CC2=O)N1. The van der Waals surface area contributed by atoms with Gasteiger partial charge >= 0.3 is 5.97 Å². The molecule has 35 heavy (non-hydrogen) atoms. The van der Waals surface area contributed by atoms with Crippen LogP contribution in [0.1, 0.15) is 48.0 Å². The number of ketones is 1. The van der Waals surface area contributed by atoms with E-state index in [2.05, 4.69) is 11.4 Å². The summed E-state index contributed by atoms with van der Waals surface area (Å²) in [6.45, 7) is 4.03. The molecule has 2 aromatic heterocycles. The summed E-state index contributed by atoms with van der Waals surface area (Å²) in [6, 6.07) is 17.2. The van der Waals surface area contributed by atoms with Gasteiger partial charge in [0, 0.05) is 34.2 Å². The van der Waals surface area contributed by atoms with Crippen molar-refractivity contribution in [2.45, 2.75) is 38.5 Å². The standard InChI is InChI=1S/C28H27NO5S/c1-17-10-11-23(34-17)27-25(28(31)33-13-12-32-20-7-4-3-5-8-20)18(2)29-21-15-19(16-22(30)26(21)27)24-9-6-14-35-24/h3-11,14,19,27,29H,12-13,15-16H2,1-2H3. The molecule has 1 aliphatic carbocycles. The lowest BCUT2D eigenvalue weighted by Crippen LogP contribution is -2.36. The maximum absolute atomic E-state index is 13.5. The van der Waals surface area contributed by atoms with Crippen LogP contribution in [0.25, 0.3) is 0 Å². The van der Waals surface area contributed by atoms with E-state index < -0.39 is 11.9 Å². The average molecular weight is 490 g/mol. The Morgan fingerprint density at radius 3 is 2.60 bits per heavy atom. The normalized spacial score (nSPS) is 19.9. The number of Topliss-reactive ketones (excluding diaryl/α,β-unsaturated/α-hetero) is 1. The number of benzene rings is 1. The fourth-order valence-corrected chi connectivity index (χ4v) is 5.65. The van der Waals surface area contributed by atoms with Gasteiger partial charge in [0.1, 0.15) is 30.5 Å². The van der Waals surface area contributed by atoms with Gasteiger partial charge in [0.15, 0.2) is 5.78 Å². The van der Waals surface area contributed by atoms with Gasteiger partial charge in [-0.25, -0.2) is 4.79 Å². The van der Waals surface area contributed by atoms with Gasteiger partial charge in [0.05, 0.1) is 11.5 Å². The van der Waals surface area contributed by atoms with Crippen LogP contribution in [-0.2, 0) is 14.3 Å². The van der Waals surface area contributed by atoms with Crippen LogP contribution in [-0.4, -0.2) is 25.0 Å². The number of carbonyl (C=O) groups excluding carboxylic acids is 2. The minimum absolute atomic E-state index is 0.0291. The third kappa shape index (κ3) is 4.82.